The molecule has 26 heavy (non-hydrogen) atoms. The number of Topliss-reactive ketones (excluding diaryl/α,β-unsaturated/α-hetero) is 1. The molecular weight excluding hydrogens is 386 g/mol. The lowest BCUT2D eigenvalue weighted by atomic mass is 10.1. The molecule has 0 aliphatic carbocycles. The number of nitrogens with zero attached hydrogens (tertiary/aromatic N) is 4. The maximum Gasteiger partial charge on any atom is 0.206 e. The molecule has 3 rings (SSSR count). The summed E-state index contributed by atoms with van der Waals surface area (Å²) in [7, 11) is 0. The third kappa shape index (κ3) is 4.88. The fourth-order valence-electron chi connectivity index (χ4n) is 2.10. The van der Waals surface area contributed by atoms with Crippen LogP contribution in [0.1, 0.15) is 22.2 Å². The molecule has 0 saturated heterocycles. The number of hydrogen-bond acceptors (Lipinski definition) is 9. The summed E-state index contributed by atoms with van der Waals surface area (Å²) in [6, 6.07) is 12.1. The van der Waals surface area contributed by atoms with Crippen LogP contribution in [-0.4, -0.2) is 26.7 Å². The second-order valence-electron chi connectivity index (χ2n) is 5.36. The molecule has 2 aromatic heterocycles. The van der Waals surface area contributed by atoms with Crippen molar-refractivity contribution in [2.75, 3.05) is 11.1 Å². The minimum absolute atomic E-state index is 0.166. The molecule has 0 radical (unpaired) electrons. The fraction of sp³-hybridized carbons (Fsp3) is 0.235. The molecule has 0 saturated carbocycles. The number of hydrogen-bond donors (Lipinski definition) is 1. The molecule has 132 valence electrons. The summed E-state index contributed by atoms with van der Waals surface area (Å²) in [6.45, 7) is 2.51. The van der Waals surface area contributed by atoms with E-state index in [0.717, 1.165) is 11.3 Å². The Morgan fingerprint density at radius 1 is 1.35 bits per heavy atom. The zero-order chi connectivity index (χ0) is 18.4. The predicted octanol–water partition coefficient (Wildman–Crippen LogP) is 3.88. The van der Waals surface area contributed by atoms with E-state index in [4.69, 9.17) is 0 Å². The lowest BCUT2D eigenvalue weighted by Crippen LogP contribution is -2.13. The first-order valence-electron chi connectivity index (χ1n) is 7.74. The van der Waals surface area contributed by atoms with Gasteiger partial charge in [-0.2, -0.15) is 5.26 Å². The van der Waals surface area contributed by atoms with Crippen LogP contribution in [-0.2, 0) is 11.3 Å². The van der Waals surface area contributed by atoms with Gasteiger partial charge >= 0.3 is 0 Å². The molecule has 0 aliphatic heterocycles. The number of benzene rings is 1. The highest BCUT2D eigenvalue weighted by Gasteiger charge is 2.23. The van der Waals surface area contributed by atoms with Gasteiger partial charge in [-0.3, -0.25) is 4.79 Å². The van der Waals surface area contributed by atoms with Crippen molar-refractivity contribution >= 4 is 45.4 Å². The number of carbonyl (C=O) groups is 1. The maximum absolute atomic E-state index is 12.3. The minimum Gasteiger partial charge on any atom is -0.356 e. The van der Waals surface area contributed by atoms with Crippen LogP contribution in [0.3, 0.4) is 0 Å². The van der Waals surface area contributed by atoms with Crippen molar-refractivity contribution in [1.29, 1.82) is 5.26 Å². The molecule has 0 bridgehead atoms. The Balaban J connectivity index is 1.52. The Kier molecular flexibility index (Phi) is 6.33. The van der Waals surface area contributed by atoms with Crippen LogP contribution in [0, 0.1) is 18.3 Å². The fourth-order valence-corrected chi connectivity index (χ4v) is 4.61. The minimum atomic E-state index is -0.815. The summed E-state index contributed by atoms with van der Waals surface area (Å²) in [5.74, 6) is -0.810. The van der Waals surface area contributed by atoms with Gasteiger partial charge in [-0.1, -0.05) is 53.4 Å². The first-order valence-corrected chi connectivity index (χ1v) is 10.4. The van der Waals surface area contributed by atoms with E-state index in [2.05, 4.69) is 26.6 Å². The van der Waals surface area contributed by atoms with Crippen LogP contribution in [0.25, 0.3) is 0 Å². The van der Waals surface area contributed by atoms with Crippen LogP contribution >= 0.6 is 34.4 Å². The quantitative estimate of drug-likeness (QED) is 0.573. The summed E-state index contributed by atoms with van der Waals surface area (Å²) >= 11 is 4.03. The van der Waals surface area contributed by atoms with Gasteiger partial charge in [-0.05, 0) is 12.5 Å². The second-order valence-corrected chi connectivity index (χ2v) is 8.45. The van der Waals surface area contributed by atoms with E-state index in [1.165, 1.54) is 34.4 Å². The summed E-state index contributed by atoms with van der Waals surface area (Å²) in [5, 5.41) is 23.8. The standard InChI is InChI=1S/C17H15N5OS3/c1-11-9-24-15(20-11)13(7-18)14(23)10-25-17-22-21-16(26-17)19-8-12-5-3-2-4-6-12/h2-6,9,13H,8,10H2,1H3,(H,19,21). The Bertz CT molecular complexity index is 916. The van der Waals surface area contributed by atoms with E-state index in [-0.39, 0.29) is 11.5 Å². The predicted molar refractivity (Wildman–Crippen MR) is 105 cm³/mol. The number of nitriles is 1. The van der Waals surface area contributed by atoms with Gasteiger partial charge in [0.1, 0.15) is 5.01 Å². The Morgan fingerprint density at radius 2 is 2.15 bits per heavy atom. The van der Waals surface area contributed by atoms with E-state index >= 15 is 0 Å². The number of nitrogens with one attached hydrogen (secondary N) is 1. The van der Waals surface area contributed by atoms with Crippen molar-refractivity contribution < 1.29 is 4.79 Å². The summed E-state index contributed by atoms with van der Waals surface area (Å²) < 4.78 is 0.695. The van der Waals surface area contributed by atoms with Gasteiger partial charge in [0.15, 0.2) is 16.0 Å². The number of carbonyl (C=O) groups excluding carboxylic acids is 1. The molecule has 2 heterocycles. The van der Waals surface area contributed by atoms with E-state index < -0.39 is 5.92 Å². The number of anilines is 1. The van der Waals surface area contributed by atoms with Gasteiger partial charge in [0, 0.05) is 17.6 Å². The van der Waals surface area contributed by atoms with Crippen molar-refractivity contribution in [3.8, 4) is 6.07 Å². The van der Waals surface area contributed by atoms with Crippen molar-refractivity contribution in [2.24, 2.45) is 0 Å². The molecule has 1 N–H and O–H groups in total. The summed E-state index contributed by atoms with van der Waals surface area (Å²) in [4.78, 5) is 16.6. The number of ketones is 1. The second kappa shape index (κ2) is 8.89. The van der Waals surface area contributed by atoms with E-state index in [1.54, 1.807) is 0 Å². The van der Waals surface area contributed by atoms with Gasteiger partial charge in [0.25, 0.3) is 0 Å². The van der Waals surface area contributed by atoms with E-state index in [9.17, 15) is 10.1 Å². The number of aromatic nitrogens is 3. The Hall–Kier alpha value is -2.28. The molecule has 0 amide bonds. The summed E-state index contributed by atoms with van der Waals surface area (Å²) in [5.41, 5.74) is 1.98. The maximum atomic E-state index is 12.3. The highest BCUT2D eigenvalue weighted by atomic mass is 32.2. The number of thioether (sulfide) groups is 1. The molecule has 6 nitrogen and oxygen atoms in total. The Labute approximate surface area is 163 Å². The molecule has 1 unspecified atom stereocenters. The molecular formula is C17H15N5OS3. The number of thiazole rings is 1. The average molecular weight is 402 g/mol. The third-order valence-corrected chi connectivity index (χ3v) is 6.43. The highest BCUT2D eigenvalue weighted by Crippen LogP contribution is 2.28. The molecule has 0 aliphatic rings. The smallest absolute Gasteiger partial charge is 0.206 e. The Morgan fingerprint density at radius 3 is 2.85 bits per heavy atom. The van der Waals surface area contributed by atoms with E-state index in [1.807, 2.05) is 42.6 Å². The van der Waals surface area contributed by atoms with Gasteiger partial charge < -0.3 is 5.32 Å². The van der Waals surface area contributed by atoms with Crippen LogP contribution in [0.2, 0.25) is 0 Å². The van der Waals surface area contributed by atoms with Gasteiger partial charge in [0.2, 0.25) is 5.13 Å². The molecule has 9 heteroatoms. The average Bonchev–Trinajstić information content (AvgIpc) is 3.29. The normalized spacial score (nSPS) is 11.7. The zero-order valence-electron chi connectivity index (χ0n) is 13.9. The van der Waals surface area contributed by atoms with Crippen molar-refractivity contribution in [1.82, 2.24) is 15.2 Å². The number of aryl methyl sites for hydroxylation is 1. The lowest BCUT2D eigenvalue weighted by molar-refractivity contribution is -0.116. The van der Waals surface area contributed by atoms with Crippen LogP contribution in [0.15, 0.2) is 40.1 Å². The van der Waals surface area contributed by atoms with Gasteiger partial charge in [-0.25, -0.2) is 4.98 Å². The van der Waals surface area contributed by atoms with Gasteiger partial charge in [-0.15, -0.1) is 21.5 Å². The third-order valence-electron chi connectivity index (χ3n) is 3.37. The molecule has 0 fully saturated rings. The monoisotopic (exact) mass is 401 g/mol. The first kappa shape index (κ1) is 18.5. The SMILES string of the molecule is Cc1csc(C(C#N)C(=O)CSc2nnc(NCc3ccccc3)s2)n1. The molecule has 1 aromatic carbocycles. The van der Waals surface area contributed by atoms with E-state index in [0.29, 0.717) is 21.0 Å². The van der Waals surface area contributed by atoms with Gasteiger partial charge in [0.05, 0.1) is 11.8 Å². The largest absolute Gasteiger partial charge is 0.356 e. The zero-order valence-corrected chi connectivity index (χ0v) is 16.3. The van der Waals surface area contributed by atoms with Crippen LogP contribution < -0.4 is 5.32 Å². The highest BCUT2D eigenvalue weighted by molar-refractivity contribution is 8.01. The number of rotatable bonds is 8. The molecule has 3 aromatic rings. The molecule has 0 spiro atoms. The van der Waals surface area contributed by atoms with Crippen LogP contribution in [0.5, 0.6) is 0 Å². The van der Waals surface area contributed by atoms with Crippen LogP contribution in [0.4, 0.5) is 5.13 Å². The van der Waals surface area contributed by atoms with Crippen molar-refractivity contribution in [3.05, 3.63) is 52.0 Å². The first-order chi connectivity index (χ1) is 12.7. The molecule has 1 atom stereocenters. The topological polar surface area (TPSA) is 91.6 Å². The van der Waals surface area contributed by atoms with Crippen molar-refractivity contribution in [2.45, 2.75) is 23.7 Å². The summed E-state index contributed by atoms with van der Waals surface area (Å²) in [6.07, 6.45) is 0. The van der Waals surface area contributed by atoms with Crippen molar-refractivity contribution in [3.63, 3.8) is 0 Å². The lowest BCUT2D eigenvalue weighted by Gasteiger charge is -2.03.